The van der Waals surface area contributed by atoms with Crippen molar-refractivity contribution in [2.24, 2.45) is 0 Å². The summed E-state index contributed by atoms with van der Waals surface area (Å²) in [6, 6.07) is 13.7. The third kappa shape index (κ3) is 4.39. The van der Waals surface area contributed by atoms with Gasteiger partial charge in [-0.25, -0.2) is 0 Å². The fourth-order valence-corrected chi connectivity index (χ4v) is 2.34. The highest BCUT2D eigenvalue weighted by Gasteiger charge is 2.24. The summed E-state index contributed by atoms with van der Waals surface area (Å²) in [7, 11) is 0. The molecular formula is C20H20N2O3. The van der Waals surface area contributed by atoms with Crippen molar-refractivity contribution >= 4 is 12.0 Å². The van der Waals surface area contributed by atoms with Gasteiger partial charge in [0.1, 0.15) is 11.6 Å². The lowest BCUT2D eigenvalue weighted by molar-refractivity contribution is -0.118. The van der Waals surface area contributed by atoms with Crippen molar-refractivity contribution in [2.75, 3.05) is 0 Å². The minimum atomic E-state index is -0.655. The Kier molecular flexibility index (Phi) is 5.14. The fraction of sp³-hybridized carbons (Fsp3) is 0.200. The number of aryl methyl sites for hydroxylation is 1. The number of benzene rings is 2. The summed E-state index contributed by atoms with van der Waals surface area (Å²) < 4.78 is 0. The van der Waals surface area contributed by atoms with Crippen LogP contribution < -0.4 is 5.32 Å². The van der Waals surface area contributed by atoms with E-state index in [9.17, 15) is 20.3 Å². The molecule has 0 bridgehead atoms. The zero-order valence-corrected chi connectivity index (χ0v) is 14.4. The quantitative estimate of drug-likeness (QED) is 0.453. The molecule has 5 heteroatoms. The van der Waals surface area contributed by atoms with Gasteiger partial charge < -0.3 is 15.5 Å². The number of amides is 1. The van der Waals surface area contributed by atoms with Crippen LogP contribution in [0.15, 0.2) is 48.0 Å². The van der Waals surface area contributed by atoms with Crippen LogP contribution in [0.4, 0.5) is 0 Å². The zero-order chi connectivity index (χ0) is 18.6. The van der Waals surface area contributed by atoms with Crippen molar-refractivity contribution in [3.63, 3.8) is 0 Å². The number of nitriles is 1. The number of rotatable bonds is 4. The highest BCUT2D eigenvalue weighted by atomic mass is 16.3. The normalized spacial score (nSPS) is 11.7. The zero-order valence-electron chi connectivity index (χ0n) is 14.4. The van der Waals surface area contributed by atoms with Crippen LogP contribution in [-0.4, -0.2) is 16.1 Å². The van der Waals surface area contributed by atoms with Gasteiger partial charge in [0.05, 0.1) is 5.54 Å². The van der Waals surface area contributed by atoms with Crippen LogP contribution in [0.1, 0.15) is 30.5 Å². The molecule has 0 aliphatic carbocycles. The first-order chi connectivity index (χ1) is 11.7. The number of aromatic hydroxyl groups is 2. The van der Waals surface area contributed by atoms with E-state index in [4.69, 9.17) is 0 Å². The van der Waals surface area contributed by atoms with Crippen molar-refractivity contribution < 1.29 is 15.0 Å². The Morgan fingerprint density at radius 1 is 1.12 bits per heavy atom. The van der Waals surface area contributed by atoms with Crippen LogP contribution in [-0.2, 0) is 10.3 Å². The summed E-state index contributed by atoms with van der Waals surface area (Å²) in [6.07, 6.45) is 1.36. The Morgan fingerprint density at radius 3 is 2.32 bits per heavy atom. The van der Waals surface area contributed by atoms with E-state index >= 15 is 0 Å². The van der Waals surface area contributed by atoms with Gasteiger partial charge in [-0.1, -0.05) is 35.9 Å². The highest BCUT2D eigenvalue weighted by Crippen LogP contribution is 2.26. The van der Waals surface area contributed by atoms with Gasteiger partial charge in [-0.15, -0.1) is 0 Å². The molecule has 0 atom stereocenters. The Bertz CT molecular complexity index is 860. The largest absolute Gasteiger partial charge is 0.504 e. The van der Waals surface area contributed by atoms with E-state index in [0.29, 0.717) is 5.56 Å². The molecule has 0 saturated heterocycles. The molecule has 2 rings (SSSR count). The molecule has 128 valence electrons. The van der Waals surface area contributed by atoms with E-state index < -0.39 is 11.4 Å². The fourth-order valence-electron chi connectivity index (χ4n) is 2.34. The first-order valence-electron chi connectivity index (χ1n) is 7.76. The van der Waals surface area contributed by atoms with Gasteiger partial charge in [0.25, 0.3) is 5.91 Å². The Hall–Kier alpha value is -3.26. The van der Waals surface area contributed by atoms with Crippen molar-refractivity contribution in [1.82, 2.24) is 5.32 Å². The van der Waals surface area contributed by atoms with Crippen LogP contribution in [0.2, 0.25) is 0 Å². The first-order valence-corrected chi connectivity index (χ1v) is 7.76. The van der Waals surface area contributed by atoms with E-state index in [0.717, 1.165) is 11.1 Å². The molecule has 0 spiro atoms. The Balaban J connectivity index is 2.24. The number of carbonyl (C=O) groups is 1. The number of phenolic OH excluding ortho intramolecular Hbond substituents is 2. The van der Waals surface area contributed by atoms with Gasteiger partial charge in [-0.05, 0) is 50.1 Å². The predicted molar refractivity (Wildman–Crippen MR) is 95.7 cm³/mol. The average molecular weight is 336 g/mol. The minimum Gasteiger partial charge on any atom is -0.504 e. The monoisotopic (exact) mass is 336 g/mol. The van der Waals surface area contributed by atoms with Crippen molar-refractivity contribution in [2.45, 2.75) is 26.3 Å². The van der Waals surface area contributed by atoms with Crippen LogP contribution in [0.25, 0.3) is 6.08 Å². The van der Waals surface area contributed by atoms with E-state index in [1.807, 2.05) is 51.1 Å². The van der Waals surface area contributed by atoms with Gasteiger partial charge in [0, 0.05) is 0 Å². The lowest BCUT2D eigenvalue weighted by Gasteiger charge is -2.27. The summed E-state index contributed by atoms with van der Waals surface area (Å²) in [5, 5.41) is 31.0. The predicted octanol–water partition coefficient (Wildman–Crippen LogP) is 3.36. The minimum absolute atomic E-state index is 0.0923. The number of phenols is 2. The molecule has 3 N–H and O–H groups in total. The molecule has 5 nitrogen and oxygen atoms in total. The number of nitrogens with one attached hydrogen (secondary N) is 1. The topological polar surface area (TPSA) is 93.4 Å². The molecule has 2 aromatic rings. The maximum absolute atomic E-state index is 12.5. The molecule has 2 aromatic carbocycles. The van der Waals surface area contributed by atoms with Gasteiger partial charge in [-0.3, -0.25) is 4.79 Å². The van der Waals surface area contributed by atoms with Crippen LogP contribution >= 0.6 is 0 Å². The summed E-state index contributed by atoms with van der Waals surface area (Å²) in [5.41, 5.74) is 1.74. The molecule has 25 heavy (non-hydrogen) atoms. The lowest BCUT2D eigenvalue weighted by atomic mass is 9.93. The maximum atomic E-state index is 12.5. The van der Waals surface area contributed by atoms with E-state index in [-0.39, 0.29) is 17.1 Å². The summed E-state index contributed by atoms with van der Waals surface area (Å²) >= 11 is 0. The van der Waals surface area contributed by atoms with Gasteiger partial charge in [-0.2, -0.15) is 5.26 Å². The summed E-state index contributed by atoms with van der Waals surface area (Å²) in [5.74, 6) is -1.09. The van der Waals surface area contributed by atoms with Gasteiger partial charge in [0.15, 0.2) is 11.5 Å². The van der Waals surface area contributed by atoms with Crippen LogP contribution in [0.3, 0.4) is 0 Å². The third-order valence-electron chi connectivity index (χ3n) is 3.87. The Labute approximate surface area is 146 Å². The van der Waals surface area contributed by atoms with Crippen LogP contribution in [0, 0.1) is 18.3 Å². The summed E-state index contributed by atoms with van der Waals surface area (Å²) in [4.78, 5) is 12.5. The number of hydrogen-bond donors (Lipinski definition) is 3. The van der Waals surface area contributed by atoms with Crippen LogP contribution in [0.5, 0.6) is 11.5 Å². The third-order valence-corrected chi connectivity index (χ3v) is 3.87. The molecule has 0 aromatic heterocycles. The summed E-state index contributed by atoms with van der Waals surface area (Å²) in [6.45, 7) is 5.70. The maximum Gasteiger partial charge on any atom is 0.262 e. The highest BCUT2D eigenvalue weighted by molar-refractivity contribution is 6.02. The SMILES string of the molecule is Cc1ccc(C(C)(C)NC(=O)/C(C#N)=C/c2ccc(O)c(O)c2)cc1. The van der Waals surface area contributed by atoms with E-state index in [1.165, 1.54) is 24.3 Å². The number of carbonyl (C=O) groups excluding carboxylic acids is 1. The molecular weight excluding hydrogens is 316 g/mol. The number of hydrogen-bond acceptors (Lipinski definition) is 4. The first kappa shape index (κ1) is 18.1. The molecule has 0 fully saturated rings. The second kappa shape index (κ2) is 7.10. The van der Waals surface area contributed by atoms with Crippen molar-refractivity contribution in [3.8, 4) is 17.6 Å². The molecule has 0 aliphatic rings. The average Bonchev–Trinajstić information content (AvgIpc) is 2.55. The Morgan fingerprint density at radius 2 is 1.76 bits per heavy atom. The number of nitrogens with zero attached hydrogens (tertiary/aromatic N) is 1. The molecule has 0 heterocycles. The molecule has 1 amide bonds. The standard InChI is InChI=1S/C20H20N2O3/c1-13-4-7-16(8-5-13)20(2,3)22-19(25)15(12-21)10-14-6-9-17(23)18(24)11-14/h4-11,23-24H,1-3H3,(H,22,25)/b15-10+. The van der Waals surface area contributed by atoms with Gasteiger partial charge >= 0.3 is 0 Å². The van der Waals surface area contributed by atoms with Crippen molar-refractivity contribution in [3.05, 3.63) is 64.7 Å². The van der Waals surface area contributed by atoms with E-state index in [1.54, 1.807) is 0 Å². The van der Waals surface area contributed by atoms with E-state index in [2.05, 4.69) is 5.32 Å². The molecule has 0 saturated carbocycles. The molecule has 0 aliphatic heterocycles. The second-order valence-electron chi connectivity index (χ2n) is 6.36. The smallest absolute Gasteiger partial charge is 0.262 e. The van der Waals surface area contributed by atoms with Gasteiger partial charge in [0.2, 0.25) is 0 Å². The lowest BCUT2D eigenvalue weighted by Crippen LogP contribution is -2.41. The molecule has 0 unspecified atom stereocenters. The second-order valence-corrected chi connectivity index (χ2v) is 6.36. The molecule has 0 radical (unpaired) electrons. The van der Waals surface area contributed by atoms with Crippen molar-refractivity contribution in [1.29, 1.82) is 5.26 Å².